The number of hydrogen-bond acceptors (Lipinski definition) is 4. The average Bonchev–Trinajstić information content (AvgIpc) is 2.75. The summed E-state index contributed by atoms with van der Waals surface area (Å²) in [7, 11) is 3.26. The molecular formula is C22H30FIN4O3. The van der Waals surface area contributed by atoms with Gasteiger partial charge in [-0.15, -0.1) is 24.0 Å². The van der Waals surface area contributed by atoms with Gasteiger partial charge in [-0.2, -0.15) is 0 Å². The highest BCUT2D eigenvalue weighted by Gasteiger charge is 2.10. The molecule has 1 amide bonds. The SMILES string of the molecule is CN=C(NCCNC(=O)c1ccc(C)c(F)c1)NCC(C)Oc1ccccc1OC.I. The molecule has 0 aliphatic rings. The molecule has 1 unspecified atom stereocenters. The number of benzene rings is 2. The Morgan fingerprint density at radius 2 is 1.77 bits per heavy atom. The van der Waals surface area contributed by atoms with Gasteiger partial charge in [-0.25, -0.2) is 4.39 Å². The summed E-state index contributed by atoms with van der Waals surface area (Å²) in [6, 6.07) is 11.9. The second-order valence-electron chi connectivity index (χ2n) is 6.68. The number of carbonyl (C=O) groups is 1. The Kier molecular flexibility index (Phi) is 11.7. The van der Waals surface area contributed by atoms with Crippen molar-refractivity contribution in [2.45, 2.75) is 20.0 Å². The molecule has 2 rings (SSSR count). The first-order valence-electron chi connectivity index (χ1n) is 9.73. The molecule has 0 radical (unpaired) electrons. The molecule has 0 saturated heterocycles. The number of methoxy groups -OCH3 is 1. The maximum atomic E-state index is 13.6. The molecular weight excluding hydrogens is 514 g/mol. The van der Waals surface area contributed by atoms with Crippen LogP contribution >= 0.6 is 24.0 Å². The van der Waals surface area contributed by atoms with Crippen molar-refractivity contribution in [3.63, 3.8) is 0 Å². The third kappa shape index (κ3) is 8.60. The fraction of sp³-hybridized carbons (Fsp3) is 0.364. The monoisotopic (exact) mass is 544 g/mol. The maximum Gasteiger partial charge on any atom is 0.251 e. The zero-order valence-electron chi connectivity index (χ0n) is 18.2. The first-order chi connectivity index (χ1) is 14.4. The molecule has 3 N–H and O–H groups in total. The Bertz CT molecular complexity index is 880. The Morgan fingerprint density at radius 1 is 1.10 bits per heavy atom. The average molecular weight is 544 g/mol. The smallest absolute Gasteiger partial charge is 0.251 e. The molecule has 31 heavy (non-hydrogen) atoms. The van der Waals surface area contributed by atoms with Crippen molar-refractivity contribution in [3.05, 3.63) is 59.4 Å². The van der Waals surface area contributed by atoms with Gasteiger partial charge in [-0.1, -0.05) is 18.2 Å². The van der Waals surface area contributed by atoms with Gasteiger partial charge in [0.15, 0.2) is 17.5 Å². The Labute approximate surface area is 199 Å². The quantitative estimate of drug-likeness (QED) is 0.196. The first kappa shape index (κ1) is 26.5. The molecule has 7 nitrogen and oxygen atoms in total. The van der Waals surface area contributed by atoms with Crippen LogP contribution in [0.15, 0.2) is 47.5 Å². The highest BCUT2D eigenvalue weighted by Crippen LogP contribution is 2.26. The van der Waals surface area contributed by atoms with Crippen LogP contribution in [-0.4, -0.2) is 51.8 Å². The van der Waals surface area contributed by atoms with Crippen LogP contribution in [0.5, 0.6) is 11.5 Å². The number of carbonyl (C=O) groups excluding carboxylic acids is 1. The number of halogens is 2. The van der Waals surface area contributed by atoms with Gasteiger partial charge in [0.1, 0.15) is 11.9 Å². The summed E-state index contributed by atoms with van der Waals surface area (Å²) < 4.78 is 24.8. The number of hydrogen-bond donors (Lipinski definition) is 3. The van der Waals surface area contributed by atoms with E-state index in [0.29, 0.717) is 48.2 Å². The first-order valence-corrected chi connectivity index (χ1v) is 9.73. The molecule has 0 bridgehead atoms. The van der Waals surface area contributed by atoms with E-state index in [-0.39, 0.29) is 36.0 Å². The third-order valence-corrected chi connectivity index (χ3v) is 4.31. The lowest BCUT2D eigenvalue weighted by Crippen LogP contribution is -2.44. The van der Waals surface area contributed by atoms with E-state index in [1.54, 1.807) is 33.2 Å². The van der Waals surface area contributed by atoms with E-state index < -0.39 is 5.82 Å². The summed E-state index contributed by atoms with van der Waals surface area (Å²) in [5.74, 6) is 1.22. The van der Waals surface area contributed by atoms with E-state index in [1.165, 1.54) is 6.07 Å². The molecule has 0 saturated carbocycles. The minimum atomic E-state index is -0.394. The van der Waals surface area contributed by atoms with Gasteiger partial charge in [0, 0.05) is 25.7 Å². The molecule has 0 fully saturated rings. The van der Waals surface area contributed by atoms with E-state index >= 15 is 0 Å². The van der Waals surface area contributed by atoms with Crippen LogP contribution < -0.4 is 25.4 Å². The van der Waals surface area contributed by atoms with Crippen molar-refractivity contribution in [3.8, 4) is 11.5 Å². The van der Waals surface area contributed by atoms with Gasteiger partial charge in [0.25, 0.3) is 5.91 Å². The lowest BCUT2D eigenvalue weighted by atomic mass is 10.1. The topological polar surface area (TPSA) is 84.0 Å². The Morgan fingerprint density at radius 3 is 2.42 bits per heavy atom. The number of ether oxygens (including phenoxy) is 2. The van der Waals surface area contributed by atoms with Crippen molar-refractivity contribution >= 4 is 35.8 Å². The molecule has 0 aliphatic heterocycles. The van der Waals surface area contributed by atoms with Crippen molar-refractivity contribution < 1.29 is 18.7 Å². The maximum absolute atomic E-state index is 13.6. The minimum absolute atomic E-state index is 0. The summed E-state index contributed by atoms with van der Waals surface area (Å²) in [6.07, 6.45) is -0.129. The number of aliphatic imine (C=N–C) groups is 1. The molecule has 0 spiro atoms. The number of amides is 1. The summed E-state index contributed by atoms with van der Waals surface area (Å²) in [4.78, 5) is 16.2. The lowest BCUT2D eigenvalue weighted by molar-refractivity contribution is 0.0954. The van der Waals surface area contributed by atoms with Crippen molar-refractivity contribution in [2.75, 3.05) is 33.8 Å². The van der Waals surface area contributed by atoms with E-state index in [4.69, 9.17) is 9.47 Å². The molecule has 0 aromatic heterocycles. The van der Waals surface area contributed by atoms with Gasteiger partial charge in [-0.3, -0.25) is 9.79 Å². The third-order valence-electron chi connectivity index (χ3n) is 4.31. The number of nitrogens with one attached hydrogen (secondary N) is 3. The van der Waals surface area contributed by atoms with Gasteiger partial charge >= 0.3 is 0 Å². The zero-order chi connectivity index (χ0) is 21.9. The molecule has 2 aromatic rings. The summed E-state index contributed by atoms with van der Waals surface area (Å²) in [5, 5.41) is 9.03. The molecule has 1 atom stereocenters. The van der Waals surface area contributed by atoms with Crippen LogP contribution in [0, 0.1) is 12.7 Å². The van der Waals surface area contributed by atoms with Crippen LogP contribution in [0.4, 0.5) is 4.39 Å². The fourth-order valence-electron chi connectivity index (χ4n) is 2.63. The molecule has 0 aliphatic carbocycles. The van der Waals surface area contributed by atoms with Gasteiger partial charge < -0.3 is 25.4 Å². The van der Waals surface area contributed by atoms with Crippen molar-refractivity contribution in [1.82, 2.24) is 16.0 Å². The number of para-hydroxylation sites is 2. The standard InChI is InChI=1S/C22H29FN4O3.HI/c1-15-9-10-17(13-18(15)23)21(28)25-11-12-26-22(24-3)27-14-16(2)30-20-8-6-5-7-19(20)29-4;/h5-10,13,16H,11-12,14H2,1-4H3,(H,25,28)(H2,24,26,27);1H. The molecule has 2 aromatic carbocycles. The highest BCUT2D eigenvalue weighted by molar-refractivity contribution is 14.0. The fourth-order valence-corrected chi connectivity index (χ4v) is 2.63. The van der Waals surface area contributed by atoms with Gasteiger partial charge in [-0.05, 0) is 43.7 Å². The van der Waals surface area contributed by atoms with Crippen molar-refractivity contribution in [1.29, 1.82) is 0 Å². The molecule has 9 heteroatoms. The van der Waals surface area contributed by atoms with Crippen molar-refractivity contribution in [2.24, 2.45) is 4.99 Å². The second-order valence-corrected chi connectivity index (χ2v) is 6.68. The number of nitrogens with zero attached hydrogens (tertiary/aromatic N) is 1. The van der Waals surface area contributed by atoms with E-state index in [2.05, 4.69) is 20.9 Å². The Hall–Kier alpha value is -2.56. The summed E-state index contributed by atoms with van der Waals surface area (Å²) in [6.45, 7) is 4.94. The number of guanidine groups is 1. The predicted octanol–water partition coefficient (Wildman–Crippen LogP) is 3.12. The van der Waals surface area contributed by atoms with E-state index in [1.807, 2.05) is 31.2 Å². The largest absolute Gasteiger partial charge is 0.493 e. The second kappa shape index (κ2) is 13.7. The minimum Gasteiger partial charge on any atom is -0.493 e. The predicted molar refractivity (Wildman–Crippen MR) is 131 cm³/mol. The number of rotatable bonds is 9. The number of aryl methyl sites for hydroxylation is 1. The summed E-state index contributed by atoms with van der Waals surface area (Å²) in [5.41, 5.74) is 0.801. The van der Waals surface area contributed by atoms with Gasteiger partial charge in [0.05, 0.1) is 13.7 Å². The van der Waals surface area contributed by atoms with Crippen LogP contribution in [-0.2, 0) is 0 Å². The molecule has 170 valence electrons. The van der Waals surface area contributed by atoms with Gasteiger partial charge in [0.2, 0.25) is 0 Å². The zero-order valence-corrected chi connectivity index (χ0v) is 20.5. The lowest BCUT2D eigenvalue weighted by Gasteiger charge is -2.19. The highest BCUT2D eigenvalue weighted by atomic mass is 127. The van der Waals surface area contributed by atoms with Crippen LogP contribution in [0.2, 0.25) is 0 Å². The van der Waals surface area contributed by atoms with E-state index in [9.17, 15) is 9.18 Å². The van der Waals surface area contributed by atoms with Crippen LogP contribution in [0.25, 0.3) is 0 Å². The van der Waals surface area contributed by atoms with Crippen LogP contribution in [0.3, 0.4) is 0 Å². The summed E-state index contributed by atoms with van der Waals surface area (Å²) >= 11 is 0. The normalized spacial score (nSPS) is 11.7. The Balaban J connectivity index is 0.00000480. The van der Waals surface area contributed by atoms with E-state index in [0.717, 1.165) is 0 Å². The van der Waals surface area contributed by atoms with Crippen LogP contribution in [0.1, 0.15) is 22.8 Å². The molecule has 0 heterocycles.